The number of hydrogen-bond acceptors (Lipinski definition) is 4. The summed E-state index contributed by atoms with van der Waals surface area (Å²) in [6.07, 6.45) is 0.707. The smallest absolute Gasteiger partial charge is 0.238 e. The lowest BCUT2D eigenvalue weighted by Gasteiger charge is -2.32. The summed E-state index contributed by atoms with van der Waals surface area (Å²) in [5, 5.41) is 3.18. The Morgan fingerprint density at radius 1 is 1.06 bits per heavy atom. The third-order valence-electron chi connectivity index (χ3n) is 5.06. The molecule has 5 nitrogen and oxygen atoms in total. The molecule has 1 atom stereocenters. The summed E-state index contributed by atoms with van der Waals surface area (Å²) in [4.78, 5) is 32.1. The van der Waals surface area contributed by atoms with Crippen molar-refractivity contribution >= 4 is 51.7 Å². The van der Waals surface area contributed by atoms with Crippen molar-refractivity contribution in [3.63, 3.8) is 0 Å². The molecule has 0 saturated carbocycles. The molecule has 8 heteroatoms. The fourth-order valence-corrected chi connectivity index (χ4v) is 4.58. The van der Waals surface area contributed by atoms with Crippen LogP contribution in [-0.4, -0.2) is 33.7 Å². The van der Waals surface area contributed by atoms with Gasteiger partial charge in [-0.1, -0.05) is 53.7 Å². The molecule has 1 unspecified atom stereocenters. The predicted molar refractivity (Wildman–Crippen MR) is 131 cm³/mol. The van der Waals surface area contributed by atoms with Gasteiger partial charge in [-0.3, -0.25) is 14.5 Å². The highest BCUT2D eigenvalue weighted by molar-refractivity contribution is 8.15. The molecular formula is C25H21ClFN3O2S. The highest BCUT2D eigenvalue weighted by atomic mass is 35.5. The zero-order valence-electron chi connectivity index (χ0n) is 17.6. The van der Waals surface area contributed by atoms with Crippen molar-refractivity contribution < 1.29 is 14.0 Å². The Kier molecular flexibility index (Phi) is 7.42. The quantitative estimate of drug-likeness (QED) is 0.492. The van der Waals surface area contributed by atoms with E-state index in [0.717, 1.165) is 5.56 Å². The number of hydrogen-bond donors (Lipinski definition) is 1. The standard InChI is InChI=1S/C25H21ClFN3O2S/c26-18-6-10-20(11-7-18)28-24(32)22-16-23(31)30(15-14-17-4-2-1-3-5-17)25(33-22)29-21-12-8-19(27)9-13-21/h1-13,22H,14-16H2,(H,28,32). The summed E-state index contributed by atoms with van der Waals surface area (Å²) in [5.41, 5.74) is 2.20. The van der Waals surface area contributed by atoms with Crippen LogP contribution >= 0.6 is 23.4 Å². The number of amides is 2. The first-order valence-electron chi connectivity index (χ1n) is 10.4. The number of nitrogens with one attached hydrogen (secondary N) is 1. The normalized spacial score (nSPS) is 17.3. The number of nitrogens with zero attached hydrogens (tertiary/aromatic N) is 2. The van der Waals surface area contributed by atoms with Crippen LogP contribution in [0.2, 0.25) is 5.02 Å². The third kappa shape index (κ3) is 6.21. The average Bonchev–Trinajstić information content (AvgIpc) is 2.82. The van der Waals surface area contributed by atoms with E-state index in [1.165, 1.54) is 23.9 Å². The molecule has 1 aliphatic heterocycles. The van der Waals surface area contributed by atoms with Gasteiger partial charge in [0.05, 0.1) is 5.69 Å². The van der Waals surface area contributed by atoms with Crippen LogP contribution < -0.4 is 5.32 Å². The van der Waals surface area contributed by atoms with Crippen molar-refractivity contribution in [3.8, 4) is 0 Å². The van der Waals surface area contributed by atoms with Gasteiger partial charge >= 0.3 is 0 Å². The third-order valence-corrected chi connectivity index (χ3v) is 6.50. The Labute approximate surface area is 200 Å². The molecule has 1 fully saturated rings. The van der Waals surface area contributed by atoms with Crippen LogP contribution in [0, 0.1) is 5.82 Å². The number of halogens is 2. The predicted octanol–water partition coefficient (Wildman–Crippen LogP) is 5.68. The summed E-state index contributed by atoms with van der Waals surface area (Å²) in [6.45, 7) is 0.432. The zero-order chi connectivity index (χ0) is 23.2. The Hall–Kier alpha value is -3.16. The Bertz CT molecular complexity index is 1150. The molecule has 0 aromatic heterocycles. The van der Waals surface area contributed by atoms with E-state index in [9.17, 15) is 14.0 Å². The van der Waals surface area contributed by atoms with Crippen molar-refractivity contribution in [2.24, 2.45) is 4.99 Å². The van der Waals surface area contributed by atoms with Gasteiger partial charge in [0.1, 0.15) is 11.1 Å². The van der Waals surface area contributed by atoms with Gasteiger partial charge in [-0.2, -0.15) is 0 Å². The second-order valence-electron chi connectivity index (χ2n) is 7.46. The van der Waals surface area contributed by atoms with Crippen LogP contribution in [0.15, 0.2) is 83.9 Å². The van der Waals surface area contributed by atoms with E-state index in [-0.39, 0.29) is 24.1 Å². The summed E-state index contributed by atoms with van der Waals surface area (Å²) in [7, 11) is 0. The highest BCUT2D eigenvalue weighted by Gasteiger charge is 2.35. The number of rotatable bonds is 6. The SMILES string of the molecule is O=C(Nc1ccc(Cl)cc1)C1CC(=O)N(CCc2ccccc2)C(=Nc2ccc(F)cc2)S1. The van der Waals surface area contributed by atoms with E-state index in [4.69, 9.17) is 11.6 Å². The van der Waals surface area contributed by atoms with Gasteiger partial charge in [0.25, 0.3) is 0 Å². The minimum atomic E-state index is -0.639. The average molecular weight is 482 g/mol. The minimum absolute atomic E-state index is 0.0569. The van der Waals surface area contributed by atoms with Crippen LogP contribution in [0.5, 0.6) is 0 Å². The van der Waals surface area contributed by atoms with E-state index in [0.29, 0.717) is 34.5 Å². The molecule has 0 spiro atoms. The lowest BCUT2D eigenvalue weighted by atomic mass is 10.1. The van der Waals surface area contributed by atoms with Crippen LogP contribution in [0.25, 0.3) is 0 Å². The molecule has 1 heterocycles. The van der Waals surface area contributed by atoms with Crippen LogP contribution in [0.4, 0.5) is 15.8 Å². The first kappa shape index (κ1) is 23.0. The molecule has 0 aliphatic carbocycles. The topological polar surface area (TPSA) is 61.8 Å². The maximum Gasteiger partial charge on any atom is 0.238 e. The zero-order valence-corrected chi connectivity index (χ0v) is 19.2. The van der Waals surface area contributed by atoms with Gasteiger partial charge in [-0.15, -0.1) is 0 Å². The number of carbonyl (C=O) groups excluding carboxylic acids is 2. The maximum atomic E-state index is 13.3. The number of benzene rings is 3. The Morgan fingerprint density at radius 3 is 2.45 bits per heavy atom. The molecule has 0 radical (unpaired) electrons. The number of thioether (sulfide) groups is 1. The van der Waals surface area contributed by atoms with Crippen molar-refractivity contribution in [1.82, 2.24) is 4.90 Å². The van der Waals surface area contributed by atoms with E-state index >= 15 is 0 Å². The highest BCUT2D eigenvalue weighted by Crippen LogP contribution is 2.30. The first-order valence-corrected chi connectivity index (χ1v) is 11.7. The van der Waals surface area contributed by atoms with Crippen molar-refractivity contribution in [2.75, 3.05) is 11.9 Å². The second-order valence-corrected chi connectivity index (χ2v) is 9.06. The van der Waals surface area contributed by atoms with Gasteiger partial charge in [-0.05, 0) is 60.5 Å². The number of amidine groups is 1. The molecule has 4 rings (SSSR count). The lowest BCUT2D eigenvalue weighted by Crippen LogP contribution is -2.46. The van der Waals surface area contributed by atoms with Crippen molar-refractivity contribution in [2.45, 2.75) is 18.1 Å². The van der Waals surface area contributed by atoms with Crippen LogP contribution in [0.3, 0.4) is 0 Å². The number of aliphatic imine (C=N–C) groups is 1. The molecule has 0 bridgehead atoms. The fraction of sp³-hybridized carbons (Fsp3) is 0.160. The van der Waals surface area contributed by atoms with Crippen LogP contribution in [-0.2, 0) is 16.0 Å². The molecule has 33 heavy (non-hydrogen) atoms. The maximum absolute atomic E-state index is 13.3. The number of anilines is 1. The van der Waals surface area contributed by atoms with Gasteiger partial charge in [0.2, 0.25) is 11.8 Å². The van der Waals surface area contributed by atoms with Gasteiger partial charge in [0.15, 0.2) is 5.17 Å². The molecular weight excluding hydrogens is 461 g/mol. The minimum Gasteiger partial charge on any atom is -0.325 e. The lowest BCUT2D eigenvalue weighted by molar-refractivity contribution is -0.129. The number of carbonyl (C=O) groups is 2. The van der Waals surface area contributed by atoms with E-state index in [2.05, 4.69) is 10.3 Å². The molecule has 3 aromatic carbocycles. The van der Waals surface area contributed by atoms with Crippen molar-refractivity contribution in [1.29, 1.82) is 0 Å². The van der Waals surface area contributed by atoms with Crippen LogP contribution in [0.1, 0.15) is 12.0 Å². The fourth-order valence-electron chi connectivity index (χ4n) is 3.33. The largest absolute Gasteiger partial charge is 0.325 e. The Morgan fingerprint density at radius 2 is 1.76 bits per heavy atom. The van der Waals surface area contributed by atoms with Gasteiger partial charge < -0.3 is 5.32 Å². The molecule has 2 amide bonds. The Balaban J connectivity index is 1.54. The molecule has 1 aliphatic rings. The van der Waals surface area contributed by atoms with E-state index in [1.54, 1.807) is 41.3 Å². The summed E-state index contributed by atoms with van der Waals surface area (Å²) < 4.78 is 13.3. The molecule has 168 valence electrons. The first-order chi connectivity index (χ1) is 16.0. The summed E-state index contributed by atoms with van der Waals surface area (Å²) in [6, 6.07) is 22.3. The van der Waals surface area contributed by atoms with E-state index < -0.39 is 5.25 Å². The molecule has 1 saturated heterocycles. The second kappa shape index (κ2) is 10.6. The monoisotopic (exact) mass is 481 g/mol. The molecule has 3 aromatic rings. The van der Waals surface area contributed by atoms with E-state index in [1.807, 2.05) is 30.3 Å². The van der Waals surface area contributed by atoms with Gasteiger partial charge in [-0.25, -0.2) is 9.38 Å². The summed E-state index contributed by atoms with van der Waals surface area (Å²) >= 11 is 7.14. The molecule has 1 N–H and O–H groups in total. The van der Waals surface area contributed by atoms with Crippen molar-refractivity contribution in [3.05, 3.63) is 95.3 Å². The van der Waals surface area contributed by atoms with Gasteiger partial charge in [0, 0.05) is 23.7 Å². The summed E-state index contributed by atoms with van der Waals surface area (Å²) in [5.74, 6) is -0.834.